The molecule has 102 valence electrons. The molecular formula is C12H15BrN4O2. The van der Waals surface area contributed by atoms with E-state index in [4.69, 9.17) is 5.53 Å². The second-order valence-corrected chi connectivity index (χ2v) is 4.90. The van der Waals surface area contributed by atoms with Gasteiger partial charge in [0.2, 0.25) is 0 Å². The van der Waals surface area contributed by atoms with Crippen molar-refractivity contribution < 1.29 is 9.90 Å². The Morgan fingerprint density at radius 2 is 2.37 bits per heavy atom. The lowest BCUT2D eigenvalue weighted by atomic mass is 10.0. The minimum atomic E-state index is -0.925. The van der Waals surface area contributed by atoms with E-state index < -0.39 is 12.0 Å². The predicted octanol–water partition coefficient (Wildman–Crippen LogP) is 3.17. The van der Waals surface area contributed by atoms with Gasteiger partial charge in [0.25, 0.3) is 0 Å². The van der Waals surface area contributed by atoms with Gasteiger partial charge in [-0.1, -0.05) is 33.2 Å². The minimum absolute atomic E-state index is 0.356. The molecule has 0 heterocycles. The molecule has 0 radical (unpaired) electrons. The van der Waals surface area contributed by atoms with Gasteiger partial charge in [0, 0.05) is 15.9 Å². The van der Waals surface area contributed by atoms with Crippen molar-refractivity contribution in [2.75, 3.05) is 13.1 Å². The number of hydrogen-bond acceptors (Lipinski definition) is 3. The van der Waals surface area contributed by atoms with Gasteiger partial charge in [0.05, 0.1) is 0 Å². The number of aliphatic carboxylic acids is 1. The summed E-state index contributed by atoms with van der Waals surface area (Å²) in [7, 11) is 0. The van der Waals surface area contributed by atoms with Crippen LogP contribution < -0.4 is 5.32 Å². The van der Waals surface area contributed by atoms with E-state index in [0.29, 0.717) is 25.1 Å². The van der Waals surface area contributed by atoms with Crippen molar-refractivity contribution in [3.05, 3.63) is 44.2 Å². The van der Waals surface area contributed by atoms with Crippen molar-refractivity contribution in [2.45, 2.75) is 19.4 Å². The van der Waals surface area contributed by atoms with Crippen molar-refractivity contribution in [2.24, 2.45) is 5.11 Å². The molecule has 0 amide bonds. The zero-order valence-electron chi connectivity index (χ0n) is 10.5. The highest BCUT2D eigenvalue weighted by Gasteiger charge is 2.19. The van der Waals surface area contributed by atoms with Crippen LogP contribution in [0.4, 0.5) is 0 Å². The lowest BCUT2D eigenvalue weighted by molar-refractivity contribution is -0.139. The van der Waals surface area contributed by atoms with Gasteiger partial charge in [-0.15, -0.1) is 0 Å². The topological polar surface area (TPSA) is 98.1 Å². The van der Waals surface area contributed by atoms with E-state index in [0.717, 1.165) is 10.0 Å². The SMILES string of the molecule is Cc1cc(C(NCCCN=[N+]=[N-])C(=O)O)ccc1Br. The van der Waals surface area contributed by atoms with Crippen LogP contribution in [-0.2, 0) is 4.79 Å². The molecule has 1 aromatic rings. The number of hydrogen-bond donors (Lipinski definition) is 2. The van der Waals surface area contributed by atoms with Crippen molar-refractivity contribution in [1.82, 2.24) is 5.32 Å². The maximum absolute atomic E-state index is 11.3. The highest BCUT2D eigenvalue weighted by molar-refractivity contribution is 9.10. The summed E-state index contributed by atoms with van der Waals surface area (Å²) in [5, 5.41) is 15.6. The highest BCUT2D eigenvalue weighted by Crippen LogP contribution is 2.21. The fraction of sp³-hybridized carbons (Fsp3) is 0.417. The van der Waals surface area contributed by atoms with Crippen LogP contribution in [0.3, 0.4) is 0 Å². The summed E-state index contributed by atoms with van der Waals surface area (Å²) >= 11 is 3.38. The molecule has 1 aromatic carbocycles. The third-order valence-corrected chi connectivity index (χ3v) is 3.50. The molecule has 0 spiro atoms. The van der Waals surface area contributed by atoms with E-state index in [-0.39, 0.29) is 0 Å². The van der Waals surface area contributed by atoms with E-state index in [1.54, 1.807) is 6.07 Å². The summed E-state index contributed by atoms with van der Waals surface area (Å²) in [5.74, 6) is -0.925. The summed E-state index contributed by atoms with van der Waals surface area (Å²) in [4.78, 5) is 13.9. The molecule has 1 atom stereocenters. The molecule has 7 heteroatoms. The number of carboxylic acid groups (broad SMARTS) is 1. The second-order valence-electron chi connectivity index (χ2n) is 4.04. The molecule has 6 nitrogen and oxygen atoms in total. The number of aryl methyl sites for hydroxylation is 1. The Bertz CT molecular complexity index is 501. The first kappa shape index (κ1) is 15.5. The van der Waals surface area contributed by atoms with Crippen molar-refractivity contribution >= 4 is 21.9 Å². The quantitative estimate of drug-likeness (QED) is 0.348. The summed E-state index contributed by atoms with van der Waals surface area (Å²) in [6, 6.07) is 4.69. The Morgan fingerprint density at radius 1 is 1.63 bits per heavy atom. The number of halogens is 1. The van der Waals surface area contributed by atoms with Crippen molar-refractivity contribution in [1.29, 1.82) is 0 Å². The first-order valence-electron chi connectivity index (χ1n) is 5.79. The number of benzene rings is 1. The van der Waals surface area contributed by atoms with Crippen LogP contribution in [0.5, 0.6) is 0 Å². The molecule has 0 saturated carbocycles. The molecule has 19 heavy (non-hydrogen) atoms. The molecule has 1 rings (SSSR count). The molecule has 0 aromatic heterocycles. The van der Waals surface area contributed by atoms with E-state index >= 15 is 0 Å². The molecule has 1 unspecified atom stereocenters. The monoisotopic (exact) mass is 326 g/mol. The van der Waals surface area contributed by atoms with Gasteiger partial charge in [-0.2, -0.15) is 0 Å². The smallest absolute Gasteiger partial charge is 0.325 e. The summed E-state index contributed by atoms with van der Waals surface area (Å²) in [6.45, 7) is 2.74. The van der Waals surface area contributed by atoms with Crippen LogP contribution in [0.25, 0.3) is 10.4 Å². The Labute approximate surface area is 119 Å². The van der Waals surface area contributed by atoms with Gasteiger partial charge in [-0.25, -0.2) is 0 Å². The number of carbonyl (C=O) groups is 1. The fourth-order valence-electron chi connectivity index (χ4n) is 1.64. The van der Waals surface area contributed by atoms with Gasteiger partial charge in [-0.05, 0) is 42.6 Å². The van der Waals surface area contributed by atoms with Gasteiger partial charge in [0.15, 0.2) is 0 Å². The van der Waals surface area contributed by atoms with Gasteiger partial charge in [-0.3, -0.25) is 4.79 Å². The normalized spacial score (nSPS) is 11.7. The molecular weight excluding hydrogens is 312 g/mol. The zero-order valence-corrected chi connectivity index (χ0v) is 12.1. The summed E-state index contributed by atoms with van der Waals surface area (Å²) < 4.78 is 0.948. The largest absolute Gasteiger partial charge is 0.480 e. The van der Waals surface area contributed by atoms with E-state index in [2.05, 4.69) is 31.3 Å². The van der Waals surface area contributed by atoms with Crippen molar-refractivity contribution in [3.63, 3.8) is 0 Å². The van der Waals surface area contributed by atoms with Crippen molar-refractivity contribution in [3.8, 4) is 0 Å². The summed E-state index contributed by atoms with van der Waals surface area (Å²) in [5.41, 5.74) is 9.83. The number of rotatable bonds is 7. The number of nitrogens with one attached hydrogen (secondary N) is 1. The Kier molecular flexibility index (Phi) is 6.35. The lowest BCUT2D eigenvalue weighted by Crippen LogP contribution is -2.29. The first-order valence-corrected chi connectivity index (χ1v) is 6.58. The molecule has 0 aliphatic carbocycles. The molecule has 2 N–H and O–H groups in total. The van der Waals surface area contributed by atoms with Crippen LogP contribution in [0, 0.1) is 6.92 Å². The van der Waals surface area contributed by atoms with Crippen LogP contribution in [0.15, 0.2) is 27.8 Å². The van der Waals surface area contributed by atoms with Crippen LogP contribution in [-0.4, -0.2) is 24.2 Å². The Hall–Kier alpha value is -1.56. The summed E-state index contributed by atoms with van der Waals surface area (Å²) in [6.07, 6.45) is 0.601. The Balaban J connectivity index is 2.69. The van der Waals surface area contributed by atoms with Gasteiger partial charge < -0.3 is 10.4 Å². The number of carboxylic acids is 1. The molecule has 0 bridgehead atoms. The van der Waals surface area contributed by atoms with E-state index in [9.17, 15) is 9.90 Å². The standard InChI is InChI=1S/C12H15BrN4O2/c1-8-7-9(3-4-10(8)13)11(12(18)19)15-5-2-6-16-17-14/h3-4,7,11,15H,2,5-6H2,1H3,(H,18,19). The molecule has 0 fully saturated rings. The second kappa shape index (κ2) is 7.78. The molecule has 0 saturated heterocycles. The Morgan fingerprint density at radius 3 is 2.95 bits per heavy atom. The van der Waals surface area contributed by atoms with Crippen LogP contribution >= 0.6 is 15.9 Å². The number of azide groups is 1. The average Bonchev–Trinajstić information content (AvgIpc) is 2.37. The maximum atomic E-state index is 11.3. The fourth-order valence-corrected chi connectivity index (χ4v) is 1.88. The van der Waals surface area contributed by atoms with Crippen LogP contribution in [0.2, 0.25) is 0 Å². The van der Waals surface area contributed by atoms with Gasteiger partial charge >= 0.3 is 5.97 Å². The van der Waals surface area contributed by atoms with Crippen LogP contribution in [0.1, 0.15) is 23.6 Å². The first-order chi connectivity index (χ1) is 9.06. The predicted molar refractivity (Wildman–Crippen MR) is 75.9 cm³/mol. The molecule has 0 aliphatic rings. The van der Waals surface area contributed by atoms with E-state index in [1.807, 2.05) is 19.1 Å². The highest BCUT2D eigenvalue weighted by atomic mass is 79.9. The zero-order chi connectivity index (χ0) is 14.3. The minimum Gasteiger partial charge on any atom is -0.480 e. The average molecular weight is 327 g/mol. The third-order valence-electron chi connectivity index (χ3n) is 2.61. The number of nitrogens with zero attached hydrogens (tertiary/aromatic N) is 3. The maximum Gasteiger partial charge on any atom is 0.325 e. The van der Waals surface area contributed by atoms with Gasteiger partial charge in [0.1, 0.15) is 6.04 Å². The van der Waals surface area contributed by atoms with E-state index in [1.165, 1.54) is 0 Å². The lowest BCUT2D eigenvalue weighted by Gasteiger charge is -2.15. The third kappa shape index (κ3) is 4.90. The molecule has 0 aliphatic heterocycles.